The third kappa shape index (κ3) is 2.73. The number of rotatable bonds is 5. The molecule has 1 unspecified atom stereocenters. The first-order valence-electron chi connectivity index (χ1n) is 6.84. The van der Waals surface area contributed by atoms with Crippen LogP contribution in [0.1, 0.15) is 20.3 Å². The van der Waals surface area contributed by atoms with Gasteiger partial charge in [0.05, 0.1) is 7.11 Å². The molecule has 1 saturated heterocycles. The predicted octanol–water partition coefficient (Wildman–Crippen LogP) is 0.988. The summed E-state index contributed by atoms with van der Waals surface area (Å²) in [6.45, 7) is 8.52. The molecule has 1 aromatic heterocycles. The van der Waals surface area contributed by atoms with E-state index in [9.17, 15) is 0 Å². The summed E-state index contributed by atoms with van der Waals surface area (Å²) in [7, 11) is 1.61. The summed E-state index contributed by atoms with van der Waals surface area (Å²) in [4.78, 5) is 13.0. The second-order valence-electron chi connectivity index (χ2n) is 4.73. The summed E-state index contributed by atoms with van der Waals surface area (Å²) in [5, 5.41) is 0. The highest BCUT2D eigenvalue weighted by molar-refractivity contribution is 5.63. The fraction of sp³-hybridized carbons (Fsp3) is 0.692. The first-order valence-corrected chi connectivity index (χ1v) is 6.84. The number of aromatic nitrogens is 2. The van der Waals surface area contributed by atoms with Crippen molar-refractivity contribution in [3.05, 3.63) is 6.33 Å². The average Bonchev–Trinajstić information content (AvgIpc) is 2.89. The Morgan fingerprint density at radius 2 is 2.16 bits per heavy atom. The normalized spacial score (nSPS) is 19.2. The molecule has 1 fully saturated rings. The van der Waals surface area contributed by atoms with Crippen LogP contribution in [-0.4, -0.2) is 54.2 Å². The van der Waals surface area contributed by atoms with Gasteiger partial charge in [0.2, 0.25) is 5.75 Å². The molecule has 0 radical (unpaired) electrons. The van der Waals surface area contributed by atoms with Crippen molar-refractivity contribution in [1.82, 2.24) is 14.9 Å². The lowest BCUT2D eigenvalue weighted by Gasteiger charge is -2.26. The van der Waals surface area contributed by atoms with Gasteiger partial charge in [0.25, 0.3) is 0 Å². The summed E-state index contributed by atoms with van der Waals surface area (Å²) < 4.78 is 5.33. The van der Waals surface area contributed by atoms with Gasteiger partial charge in [-0.3, -0.25) is 4.90 Å². The van der Waals surface area contributed by atoms with Gasteiger partial charge in [0, 0.05) is 19.1 Å². The van der Waals surface area contributed by atoms with Gasteiger partial charge in [-0.15, -0.1) is 0 Å². The summed E-state index contributed by atoms with van der Waals surface area (Å²) in [6.07, 6.45) is 2.65. The summed E-state index contributed by atoms with van der Waals surface area (Å²) in [6, 6.07) is 0.580. The van der Waals surface area contributed by atoms with E-state index in [4.69, 9.17) is 10.5 Å². The van der Waals surface area contributed by atoms with Crippen molar-refractivity contribution in [3.63, 3.8) is 0 Å². The molecule has 6 nitrogen and oxygen atoms in total. The van der Waals surface area contributed by atoms with E-state index in [1.54, 1.807) is 7.11 Å². The molecule has 0 aromatic carbocycles. The van der Waals surface area contributed by atoms with Crippen LogP contribution in [0.25, 0.3) is 0 Å². The molecule has 0 amide bonds. The number of likely N-dealkylation sites (N-methyl/N-ethyl adjacent to an activating group) is 1. The van der Waals surface area contributed by atoms with Gasteiger partial charge in [0.15, 0.2) is 11.6 Å². The molecule has 6 heteroatoms. The van der Waals surface area contributed by atoms with Gasteiger partial charge in [-0.25, -0.2) is 9.97 Å². The minimum absolute atomic E-state index is 0.402. The molecule has 2 rings (SSSR count). The Morgan fingerprint density at radius 3 is 2.79 bits per heavy atom. The van der Waals surface area contributed by atoms with Crippen LogP contribution < -0.4 is 15.4 Å². The molecule has 1 aromatic rings. The Morgan fingerprint density at radius 1 is 1.42 bits per heavy atom. The largest absolute Gasteiger partial charge is 0.490 e. The van der Waals surface area contributed by atoms with E-state index in [0.717, 1.165) is 38.4 Å². The van der Waals surface area contributed by atoms with Gasteiger partial charge in [-0.2, -0.15) is 0 Å². The molecule has 1 atom stereocenters. The van der Waals surface area contributed by atoms with Crippen molar-refractivity contribution in [1.29, 1.82) is 0 Å². The van der Waals surface area contributed by atoms with E-state index in [0.29, 0.717) is 17.6 Å². The number of nitrogens with two attached hydrogens (primary N) is 1. The number of nitrogens with zero attached hydrogens (tertiary/aromatic N) is 4. The van der Waals surface area contributed by atoms with Crippen molar-refractivity contribution in [2.75, 3.05) is 43.9 Å². The van der Waals surface area contributed by atoms with Crippen molar-refractivity contribution in [3.8, 4) is 5.75 Å². The Balaban J connectivity index is 2.15. The zero-order valence-electron chi connectivity index (χ0n) is 12.0. The smallest absolute Gasteiger partial charge is 0.204 e. The third-order valence-electron chi connectivity index (χ3n) is 3.81. The lowest BCUT2D eigenvalue weighted by atomic mass is 10.2. The van der Waals surface area contributed by atoms with Crippen LogP contribution in [0.15, 0.2) is 6.33 Å². The molecule has 0 bridgehead atoms. The number of methoxy groups -OCH3 is 1. The lowest BCUT2D eigenvalue weighted by Crippen LogP contribution is -2.37. The maximum Gasteiger partial charge on any atom is 0.204 e. The van der Waals surface area contributed by atoms with Crippen LogP contribution in [0.2, 0.25) is 0 Å². The Kier molecular flexibility index (Phi) is 4.42. The Hall–Kier alpha value is -1.56. The fourth-order valence-electron chi connectivity index (χ4n) is 2.77. The first-order chi connectivity index (χ1) is 9.21. The zero-order chi connectivity index (χ0) is 13.8. The van der Waals surface area contributed by atoms with Crippen LogP contribution in [0.3, 0.4) is 0 Å². The summed E-state index contributed by atoms with van der Waals surface area (Å²) >= 11 is 0. The monoisotopic (exact) mass is 265 g/mol. The number of nitrogen functional groups attached to an aromatic ring is 1. The first kappa shape index (κ1) is 13.9. The predicted molar refractivity (Wildman–Crippen MR) is 76.5 cm³/mol. The SMILES string of the molecule is CCN(CC)C1CCN(c2ncnc(N)c2OC)C1. The number of hydrogen-bond acceptors (Lipinski definition) is 6. The molecular formula is C13H23N5O. The highest BCUT2D eigenvalue weighted by Gasteiger charge is 2.29. The van der Waals surface area contributed by atoms with Crippen LogP contribution in [0.5, 0.6) is 5.75 Å². The van der Waals surface area contributed by atoms with E-state index >= 15 is 0 Å². The lowest BCUT2D eigenvalue weighted by molar-refractivity contribution is 0.232. The maximum atomic E-state index is 5.83. The van der Waals surface area contributed by atoms with Crippen LogP contribution in [0, 0.1) is 0 Å². The second kappa shape index (κ2) is 6.06. The number of hydrogen-bond donors (Lipinski definition) is 1. The van der Waals surface area contributed by atoms with E-state index in [2.05, 4.69) is 33.6 Å². The van der Waals surface area contributed by atoms with Crippen LogP contribution in [0.4, 0.5) is 11.6 Å². The Labute approximate surface area is 114 Å². The van der Waals surface area contributed by atoms with Gasteiger partial charge in [0.1, 0.15) is 6.33 Å². The minimum atomic E-state index is 0.402. The number of anilines is 2. The number of ether oxygens (including phenoxy) is 1. The van der Waals surface area contributed by atoms with E-state index in [1.165, 1.54) is 6.33 Å². The van der Waals surface area contributed by atoms with Crippen molar-refractivity contribution < 1.29 is 4.74 Å². The third-order valence-corrected chi connectivity index (χ3v) is 3.81. The summed E-state index contributed by atoms with van der Waals surface area (Å²) in [5.74, 6) is 1.80. The topological polar surface area (TPSA) is 67.5 Å². The van der Waals surface area contributed by atoms with E-state index < -0.39 is 0 Å². The van der Waals surface area contributed by atoms with Gasteiger partial charge < -0.3 is 15.4 Å². The molecule has 0 aliphatic carbocycles. The highest BCUT2D eigenvalue weighted by Crippen LogP contribution is 2.32. The van der Waals surface area contributed by atoms with Gasteiger partial charge in [-0.05, 0) is 19.5 Å². The second-order valence-corrected chi connectivity index (χ2v) is 4.73. The molecule has 1 aliphatic heterocycles. The maximum absolute atomic E-state index is 5.83. The molecule has 19 heavy (non-hydrogen) atoms. The standard InChI is InChI=1S/C13H23N5O/c1-4-17(5-2)10-6-7-18(8-10)13-11(19-3)12(14)15-9-16-13/h9-10H,4-8H2,1-3H3,(H2,14,15,16). The molecule has 2 heterocycles. The highest BCUT2D eigenvalue weighted by atomic mass is 16.5. The molecule has 0 saturated carbocycles. The zero-order valence-corrected chi connectivity index (χ0v) is 12.0. The van der Waals surface area contributed by atoms with Crippen molar-refractivity contribution in [2.24, 2.45) is 0 Å². The van der Waals surface area contributed by atoms with E-state index in [-0.39, 0.29) is 0 Å². The van der Waals surface area contributed by atoms with Crippen LogP contribution >= 0.6 is 0 Å². The molecule has 0 spiro atoms. The van der Waals surface area contributed by atoms with Crippen molar-refractivity contribution >= 4 is 11.6 Å². The molecule has 1 aliphatic rings. The van der Waals surface area contributed by atoms with Crippen LogP contribution in [-0.2, 0) is 0 Å². The Bertz CT molecular complexity index is 421. The quantitative estimate of drug-likeness (QED) is 0.856. The van der Waals surface area contributed by atoms with Crippen molar-refractivity contribution in [2.45, 2.75) is 26.3 Å². The van der Waals surface area contributed by atoms with E-state index in [1.807, 2.05) is 0 Å². The fourth-order valence-corrected chi connectivity index (χ4v) is 2.77. The molecule has 2 N–H and O–H groups in total. The summed E-state index contributed by atoms with van der Waals surface area (Å²) in [5.41, 5.74) is 5.83. The van der Waals surface area contributed by atoms with Gasteiger partial charge >= 0.3 is 0 Å². The average molecular weight is 265 g/mol. The minimum Gasteiger partial charge on any atom is -0.490 e. The van der Waals surface area contributed by atoms with Gasteiger partial charge in [-0.1, -0.05) is 13.8 Å². The molecule has 106 valence electrons. The molecular weight excluding hydrogens is 242 g/mol.